The summed E-state index contributed by atoms with van der Waals surface area (Å²) < 4.78 is 10.7. The van der Waals surface area contributed by atoms with Crippen LogP contribution in [-0.4, -0.2) is 14.2 Å². The minimum Gasteiger partial charge on any atom is -0.497 e. The van der Waals surface area contributed by atoms with E-state index in [-0.39, 0.29) is 0 Å². The molecule has 0 fully saturated rings. The number of benzene rings is 2. The van der Waals surface area contributed by atoms with Gasteiger partial charge >= 0.3 is 0 Å². The van der Waals surface area contributed by atoms with E-state index in [0.717, 1.165) is 35.7 Å². The molecule has 110 valence electrons. The van der Waals surface area contributed by atoms with Gasteiger partial charge in [0, 0.05) is 11.8 Å². The summed E-state index contributed by atoms with van der Waals surface area (Å²) in [6.07, 6.45) is 2.12. The normalized spacial score (nSPS) is 16.4. The fourth-order valence-electron chi connectivity index (χ4n) is 2.89. The van der Waals surface area contributed by atoms with E-state index in [1.54, 1.807) is 14.2 Å². The van der Waals surface area contributed by atoms with Gasteiger partial charge in [0.2, 0.25) is 0 Å². The lowest BCUT2D eigenvalue weighted by atomic mass is 10.1. The van der Waals surface area contributed by atoms with E-state index in [1.165, 1.54) is 11.1 Å². The van der Waals surface area contributed by atoms with Crippen LogP contribution in [0.25, 0.3) is 0 Å². The van der Waals surface area contributed by atoms with E-state index in [4.69, 9.17) is 15.2 Å². The molecule has 3 N–H and O–H groups in total. The zero-order valence-electron chi connectivity index (χ0n) is 12.3. The Morgan fingerprint density at radius 3 is 2.71 bits per heavy atom. The predicted octanol–water partition coefficient (Wildman–Crippen LogP) is 3.39. The number of nitrogens with one attached hydrogen (secondary N) is 1. The molecule has 2 aromatic rings. The van der Waals surface area contributed by atoms with Gasteiger partial charge in [0.1, 0.15) is 11.5 Å². The Bertz CT molecular complexity index is 655. The predicted molar refractivity (Wildman–Crippen MR) is 85.1 cm³/mol. The second-order valence-corrected chi connectivity index (χ2v) is 5.26. The van der Waals surface area contributed by atoms with Gasteiger partial charge in [-0.15, -0.1) is 0 Å². The first-order chi connectivity index (χ1) is 10.2. The van der Waals surface area contributed by atoms with E-state index in [0.29, 0.717) is 6.04 Å². The van der Waals surface area contributed by atoms with Crippen LogP contribution in [0, 0.1) is 0 Å². The van der Waals surface area contributed by atoms with E-state index < -0.39 is 0 Å². The Balaban J connectivity index is 1.86. The van der Waals surface area contributed by atoms with Crippen LogP contribution in [0.1, 0.15) is 23.6 Å². The SMILES string of the molecule is COc1ccc(NC2CCc3cc(N)ccc32)c(OC)c1. The Labute approximate surface area is 124 Å². The minimum atomic E-state index is 0.294. The summed E-state index contributed by atoms with van der Waals surface area (Å²) in [6, 6.07) is 12.3. The number of rotatable bonds is 4. The van der Waals surface area contributed by atoms with Crippen molar-refractivity contribution in [3.63, 3.8) is 0 Å². The molecule has 0 spiro atoms. The summed E-state index contributed by atoms with van der Waals surface area (Å²) in [5, 5.41) is 3.57. The number of hydrogen-bond acceptors (Lipinski definition) is 4. The van der Waals surface area contributed by atoms with Gasteiger partial charge in [0.15, 0.2) is 0 Å². The van der Waals surface area contributed by atoms with Crippen LogP contribution >= 0.6 is 0 Å². The molecule has 3 rings (SSSR count). The largest absolute Gasteiger partial charge is 0.497 e. The van der Waals surface area contributed by atoms with Gasteiger partial charge in [-0.25, -0.2) is 0 Å². The molecule has 0 saturated heterocycles. The molecule has 0 amide bonds. The molecule has 0 heterocycles. The summed E-state index contributed by atoms with van der Waals surface area (Å²) in [6.45, 7) is 0. The first-order valence-corrected chi connectivity index (χ1v) is 7.08. The molecule has 1 aliphatic carbocycles. The van der Waals surface area contributed by atoms with Crippen LogP contribution in [0.2, 0.25) is 0 Å². The van der Waals surface area contributed by atoms with Gasteiger partial charge in [-0.3, -0.25) is 0 Å². The van der Waals surface area contributed by atoms with Crippen molar-refractivity contribution in [3.8, 4) is 11.5 Å². The average Bonchev–Trinajstić information content (AvgIpc) is 2.89. The van der Waals surface area contributed by atoms with E-state index in [1.807, 2.05) is 24.3 Å². The molecule has 0 bridgehead atoms. The van der Waals surface area contributed by atoms with Crippen molar-refractivity contribution in [1.82, 2.24) is 0 Å². The zero-order chi connectivity index (χ0) is 14.8. The molecule has 21 heavy (non-hydrogen) atoms. The lowest BCUT2D eigenvalue weighted by Crippen LogP contribution is -2.08. The number of nitrogen functional groups attached to an aromatic ring is 1. The summed E-state index contributed by atoms with van der Waals surface area (Å²) >= 11 is 0. The second kappa shape index (κ2) is 5.56. The maximum Gasteiger partial charge on any atom is 0.145 e. The van der Waals surface area contributed by atoms with E-state index in [9.17, 15) is 0 Å². The summed E-state index contributed by atoms with van der Waals surface area (Å²) in [4.78, 5) is 0. The smallest absolute Gasteiger partial charge is 0.145 e. The van der Waals surface area contributed by atoms with Gasteiger partial charge in [0.25, 0.3) is 0 Å². The highest BCUT2D eigenvalue weighted by Crippen LogP contribution is 2.38. The third-order valence-electron chi connectivity index (χ3n) is 3.98. The lowest BCUT2D eigenvalue weighted by Gasteiger charge is -2.18. The highest BCUT2D eigenvalue weighted by atomic mass is 16.5. The second-order valence-electron chi connectivity index (χ2n) is 5.26. The van der Waals surface area contributed by atoms with Crippen molar-refractivity contribution >= 4 is 11.4 Å². The maximum atomic E-state index is 5.85. The van der Waals surface area contributed by atoms with Crippen molar-refractivity contribution in [1.29, 1.82) is 0 Å². The molecule has 0 aromatic heterocycles. The first kappa shape index (κ1) is 13.6. The summed E-state index contributed by atoms with van der Waals surface area (Å²) in [5.41, 5.74) is 10.3. The van der Waals surface area contributed by atoms with Crippen LogP contribution in [0.3, 0.4) is 0 Å². The first-order valence-electron chi connectivity index (χ1n) is 7.08. The molecule has 0 aliphatic heterocycles. The molecule has 1 atom stereocenters. The number of nitrogens with two attached hydrogens (primary N) is 1. The Hall–Kier alpha value is -2.36. The molecule has 4 heteroatoms. The van der Waals surface area contributed by atoms with Gasteiger partial charge < -0.3 is 20.5 Å². The lowest BCUT2D eigenvalue weighted by molar-refractivity contribution is 0.395. The van der Waals surface area contributed by atoms with Gasteiger partial charge in [0.05, 0.1) is 25.9 Å². The number of hydrogen-bond donors (Lipinski definition) is 2. The maximum absolute atomic E-state index is 5.85. The minimum absolute atomic E-state index is 0.294. The average molecular weight is 284 g/mol. The summed E-state index contributed by atoms with van der Waals surface area (Å²) in [5.74, 6) is 1.58. The number of methoxy groups -OCH3 is 2. The molecule has 4 nitrogen and oxygen atoms in total. The van der Waals surface area contributed by atoms with Crippen molar-refractivity contribution in [2.75, 3.05) is 25.3 Å². The molecule has 0 saturated carbocycles. The van der Waals surface area contributed by atoms with Crippen LogP contribution < -0.4 is 20.5 Å². The van der Waals surface area contributed by atoms with Crippen LogP contribution in [0.5, 0.6) is 11.5 Å². The highest BCUT2D eigenvalue weighted by Gasteiger charge is 2.23. The van der Waals surface area contributed by atoms with Crippen LogP contribution in [0.15, 0.2) is 36.4 Å². The molecule has 1 unspecified atom stereocenters. The molecular formula is C17H20N2O2. The van der Waals surface area contributed by atoms with Gasteiger partial charge in [-0.2, -0.15) is 0 Å². The van der Waals surface area contributed by atoms with E-state index >= 15 is 0 Å². The third-order valence-corrected chi connectivity index (χ3v) is 3.98. The van der Waals surface area contributed by atoms with Crippen molar-refractivity contribution in [2.24, 2.45) is 0 Å². The Morgan fingerprint density at radius 1 is 1.10 bits per heavy atom. The molecule has 2 aromatic carbocycles. The van der Waals surface area contributed by atoms with Crippen LogP contribution in [-0.2, 0) is 6.42 Å². The standard InChI is InChI=1S/C17H20N2O2/c1-20-13-5-8-16(17(10-13)21-2)19-15-7-3-11-9-12(18)4-6-14(11)15/h4-6,8-10,15,19H,3,7,18H2,1-2H3. The van der Waals surface area contributed by atoms with Crippen molar-refractivity contribution in [2.45, 2.75) is 18.9 Å². The van der Waals surface area contributed by atoms with E-state index in [2.05, 4.69) is 17.4 Å². The Morgan fingerprint density at radius 2 is 1.95 bits per heavy atom. The van der Waals surface area contributed by atoms with Gasteiger partial charge in [-0.1, -0.05) is 6.07 Å². The number of fused-ring (bicyclic) bond motifs is 1. The number of ether oxygens (including phenoxy) is 2. The van der Waals surface area contributed by atoms with Crippen molar-refractivity contribution in [3.05, 3.63) is 47.5 Å². The summed E-state index contributed by atoms with van der Waals surface area (Å²) in [7, 11) is 3.32. The number of aryl methyl sites for hydroxylation is 1. The molecule has 0 radical (unpaired) electrons. The van der Waals surface area contributed by atoms with Crippen LogP contribution in [0.4, 0.5) is 11.4 Å². The van der Waals surface area contributed by atoms with Gasteiger partial charge in [-0.05, 0) is 48.2 Å². The monoisotopic (exact) mass is 284 g/mol. The molecular weight excluding hydrogens is 264 g/mol. The Kier molecular flexibility index (Phi) is 3.60. The quantitative estimate of drug-likeness (QED) is 0.845. The fraction of sp³-hybridized carbons (Fsp3) is 0.294. The topological polar surface area (TPSA) is 56.5 Å². The zero-order valence-corrected chi connectivity index (χ0v) is 12.3. The number of anilines is 2. The fourth-order valence-corrected chi connectivity index (χ4v) is 2.89. The van der Waals surface area contributed by atoms with Crippen molar-refractivity contribution < 1.29 is 9.47 Å². The highest BCUT2D eigenvalue weighted by molar-refractivity contribution is 5.61. The third kappa shape index (κ3) is 2.61. The molecule has 1 aliphatic rings.